The van der Waals surface area contributed by atoms with E-state index in [2.05, 4.69) is 15.7 Å². The molecule has 0 fully saturated rings. The number of urea groups is 1. The standard InChI is InChI=1S/C4H5F2N3O2.C4H4FN3O/c5-4(6)1(7)8-3(11)9-2(4)10;5-2-1-7-4(9)8-3(2)6/h2,10H,(H3,7,8,9,11);1H,(H3,6,7,8,9). The zero-order valence-corrected chi connectivity index (χ0v) is 9.60. The highest BCUT2D eigenvalue weighted by Crippen LogP contribution is 2.19. The molecule has 1 aromatic heterocycles. The lowest BCUT2D eigenvalue weighted by Gasteiger charge is -2.25. The van der Waals surface area contributed by atoms with Gasteiger partial charge in [-0.25, -0.2) is 14.0 Å². The second-order valence-corrected chi connectivity index (χ2v) is 3.42. The number of nitrogens with one attached hydrogen (secondary N) is 2. The summed E-state index contributed by atoms with van der Waals surface area (Å²) in [7, 11) is 0. The molecule has 0 aliphatic carbocycles. The number of amides is 2. The normalized spacial score (nSPS) is 20.3. The number of amidine groups is 1. The van der Waals surface area contributed by atoms with Crippen LogP contribution in [0.25, 0.3) is 0 Å². The summed E-state index contributed by atoms with van der Waals surface area (Å²) in [6.07, 6.45) is -1.51. The summed E-state index contributed by atoms with van der Waals surface area (Å²) < 4.78 is 37.0. The maximum atomic E-state index is 12.4. The van der Waals surface area contributed by atoms with E-state index in [0.29, 0.717) is 0 Å². The average Bonchev–Trinajstić information content (AvgIpc) is 2.33. The first-order chi connectivity index (χ1) is 9.14. The molecule has 110 valence electrons. The van der Waals surface area contributed by atoms with E-state index in [0.717, 1.165) is 6.20 Å². The van der Waals surface area contributed by atoms with Crippen LogP contribution in [0, 0.1) is 5.82 Å². The molecule has 20 heavy (non-hydrogen) atoms. The predicted octanol–water partition coefficient (Wildman–Crippen LogP) is -1.49. The summed E-state index contributed by atoms with van der Waals surface area (Å²) in [6.45, 7) is 0. The Kier molecular flexibility index (Phi) is 4.29. The third-order valence-electron chi connectivity index (χ3n) is 1.96. The quantitative estimate of drug-likeness (QED) is 0.392. The molecule has 0 saturated carbocycles. The molecule has 0 bridgehead atoms. The number of nitrogen functional groups attached to an aromatic ring is 1. The Morgan fingerprint density at radius 1 is 1.35 bits per heavy atom. The van der Waals surface area contributed by atoms with Crippen LogP contribution in [0.3, 0.4) is 0 Å². The van der Waals surface area contributed by atoms with Gasteiger partial charge in [0, 0.05) is 0 Å². The van der Waals surface area contributed by atoms with Gasteiger partial charge in [0.05, 0.1) is 6.20 Å². The number of anilines is 1. The van der Waals surface area contributed by atoms with Gasteiger partial charge in [-0.2, -0.15) is 18.8 Å². The summed E-state index contributed by atoms with van der Waals surface area (Å²) in [5.74, 6) is -5.84. The van der Waals surface area contributed by atoms with Crippen LogP contribution in [-0.2, 0) is 0 Å². The number of nitrogens with two attached hydrogens (primary N) is 2. The monoisotopic (exact) mass is 294 g/mol. The lowest BCUT2D eigenvalue weighted by Crippen LogP contribution is -2.58. The lowest BCUT2D eigenvalue weighted by molar-refractivity contribution is -0.0672. The largest absolute Gasteiger partial charge is 0.383 e. The number of hydrogen-bond acceptors (Lipinski definition) is 6. The minimum Gasteiger partial charge on any atom is -0.383 e. The van der Waals surface area contributed by atoms with E-state index in [9.17, 15) is 22.8 Å². The Morgan fingerprint density at radius 3 is 2.40 bits per heavy atom. The van der Waals surface area contributed by atoms with E-state index in [-0.39, 0.29) is 5.82 Å². The molecule has 12 heteroatoms. The second kappa shape index (κ2) is 5.56. The number of aromatic amines is 1. The number of H-pyrrole nitrogens is 1. The first-order valence-electron chi connectivity index (χ1n) is 4.86. The van der Waals surface area contributed by atoms with Crippen molar-refractivity contribution in [2.24, 2.45) is 10.7 Å². The number of alkyl halides is 2. The van der Waals surface area contributed by atoms with Gasteiger partial charge in [-0.15, -0.1) is 0 Å². The van der Waals surface area contributed by atoms with E-state index in [1.807, 2.05) is 4.98 Å². The molecule has 0 spiro atoms. The topological polar surface area (TPSA) is 159 Å². The van der Waals surface area contributed by atoms with Crippen molar-refractivity contribution in [2.75, 3.05) is 5.73 Å². The summed E-state index contributed by atoms with van der Waals surface area (Å²) >= 11 is 0. The van der Waals surface area contributed by atoms with E-state index in [1.54, 1.807) is 0 Å². The fourth-order valence-corrected chi connectivity index (χ4v) is 0.956. The SMILES string of the molecule is NC1=NC(=O)NC(O)C1(F)F.Nc1[nH]c(=O)ncc1F. The summed E-state index contributed by atoms with van der Waals surface area (Å²) in [4.78, 5) is 28.3. The number of hydrogen-bond donors (Lipinski definition) is 5. The molecule has 0 aromatic carbocycles. The molecule has 2 rings (SSSR count). The number of aliphatic imine (C=N–C) groups is 1. The third-order valence-corrected chi connectivity index (χ3v) is 1.96. The molecule has 2 amide bonds. The van der Waals surface area contributed by atoms with Gasteiger partial charge in [-0.1, -0.05) is 0 Å². The van der Waals surface area contributed by atoms with Crippen LogP contribution in [-0.4, -0.2) is 39.1 Å². The van der Waals surface area contributed by atoms with Crippen molar-refractivity contribution in [1.29, 1.82) is 0 Å². The van der Waals surface area contributed by atoms with Gasteiger partial charge in [0.1, 0.15) is 5.82 Å². The smallest absolute Gasteiger partial charge is 0.347 e. The van der Waals surface area contributed by atoms with Crippen molar-refractivity contribution < 1.29 is 23.1 Å². The van der Waals surface area contributed by atoms with Gasteiger partial charge in [-0.3, -0.25) is 4.98 Å². The number of aromatic nitrogens is 2. The molecule has 1 unspecified atom stereocenters. The van der Waals surface area contributed by atoms with Gasteiger partial charge in [0.15, 0.2) is 11.7 Å². The number of carbonyl (C=O) groups is 1. The van der Waals surface area contributed by atoms with Crippen LogP contribution in [0.2, 0.25) is 0 Å². The van der Waals surface area contributed by atoms with Crippen LogP contribution in [0.5, 0.6) is 0 Å². The molecule has 0 saturated heterocycles. The fraction of sp³-hybridized carbons (Fsp3) is 0.250. The van der Waals surface area contributed by atoms with Crippen LogP contribution < -0.4 is 22.5 Å². The maximum absolute atomic E-state index is 12.4. The van der Waals surface area contributed by atoms with Crippen molar-refractivity contribution in [2.45, 2.75) is 12.2 Å². The highest BCUT2D eigenvalue weighted by atomic mass is 19.3. The van der Waals surface area contributed by atoms with Gasteiger partial charge >= 0.3 is 17.6 Å². The molecular weight excluding hydrogens is 285 g/mol. The minimum absolute atomic E-state index is 0.282. The molecule has 0 radical (unpaired) electrons. The molecule has 9 nitrogen and oxygen atoms in total. The molecular formula is C8H9F3N6O3. The van der Waals surface area contributed by atoms with Crippen molar-refractivity contribution in [3.05, 3.63) is 22.5 Å². The van der Waals surface area contributed by atoms with Crippen LogP contribution in [0.4, 0.5) is 23.8 Å². The minimum atomic E-state index is -3.67. The predicted molar refractivity (Wildman–Crippen MR) is 60.3 cm³/mol. The van der Waals surface area contributed by atoms with Crippen LogP contribution >= 0.6 is 0 Å². The molecule has 1 aromatic rings. The van der Waals surface area contributed by atoms with E-state index < -0.39 is 35.5 Å². The highest BCUT2D eigenvalue weighted by Gasteiger charge is 2.47. The third kappa shape index (κ3) is 3.44. The van der Waals surface area contributed by atoms with Gasteiger partial charge in [0.2, 0.25) is 6.23 Å². The molecule has 1 atom stereocenters. The molecule has 7 N–H and O–H groups in total. The average molecular weight is 294 g/mol. The number of halogens is 3. The maximum Gasteiger partial charge on any atom is 0.347 e. The zero-order valence-electron chi connectivity index (χ0n) is 9.60. The summed E-state index contributed by atoms with van der Waals surface area (Å²) in [6, 6.07) is -1.07. The first kappa shape index (κ1) is 15.4. The summed E-state index contributed by atoms with van der Waals surface area (Å²) in [5.41, 5.74) is 8.98. The zero-order chi connectivity index (χ0) is 15.5. The first-order valence-corrected chi connectivity index (χ1v) is 4.86. The summed E-state index contributed by atoms with van der Waals surface area (Å²) in [5, 5.41) is 10.0. The van der Waals surface area contributed by atoms with Crippen LogP contribution in [0.1, 0.15) is 0 Å². The lowest BCUT2D eigenvalue weighted by atomic mass is 10.2. The fourth-order valence-electron chi connectivity index (χ4n) is 0.956. The van der Waals surface area contributed by atoms with Crippen molar-refractivity contribution in [3.8, 4) is 0 Å². The number of aliphatic hydroxyl groups excluding tert-OH is 1. The van der Waals surface area contributed by atoms with E-state index in [4.69, 9.17) is 10.8 Å². The number of nitrogens with zero attached hydrogens (tertiary/aromatic N) is 2. The van der Waals surface area contributed by atoms with Gasteiger partial charge < -0.3 is 21.9 Å². The van der Waals surface area contributed by atoms with Gasteiger partial charge in [0.25, 0.3) is 0 Å². The van der Waals surface area contributed by atoms with E-state index >= 15 is 0 Å². The van der Waals surface area contributed by atoms with Crippen molar-refractivity contribution >= 4 is 17.7 Å². The number of aliphatic hydroxyl groups is 1. The Morgan fingerprint density at radius 2 is 1.95 bits per heavy atom. The second-order valence-electron chi connectivity index (χ2n) is 3.42. The number of rotatable bonds is 0. The Labute approximate surface area is 108 Å². The van der Waals surface area contributed by atoms with Crippen LogP contribution in [0.15, 0.2) is 16.0 Å². The number of carbonyl (C=O) groups excluding carboxylic acids is 1. The molecule has 1 aliphatic rings. The van der Waals surface area contributed by atoms with Crippen molar-refractivity contribution in [1.82, 2.24) is 15.3 Å². The Bertz CT molecular complexity index is 601. The molecule has 1 aliphatic heterocycles. The Hall–Kier alpha value is -2.63. The molecule has 2 heterocycles. The van der Waals surface area contributed by atoms with Crippen molar-refractivity contribution in [3.63, 3.8) is 0 Å². The van der Waals surface area contributed by atoms with Gasteiger partial charge in [-0.05, 0) is 0 Å². The van der Waals surface area contributed by atoms with E-state index in [1.165, 1.54) is 5.32 Å². The Balaban J connectivity index is 0.000000204. The highest BCUT2D eigenvalue weighted by molar-refractivity contribution is 5.99.